The average molecular weight is 280 g/mol. The van der Waals surface area contributed by atoms with Crippen LogP contribution in [0, 0.1) is 27.7 Å². The van der Waals surface area contributed by atoms with Crippen LogP contribution < -0.4 is 0 Å². The molecular weight excluding hydrogens is 262 g/mol. The van der Waals surface area contributed by atoms with Crippen LogP contribution in [0.3, 0.4) is 0 Å². The lowest BCUT2D eigenvalue weighted by molar-refractivity contribution is 0.0966. The highest BCUT2D eigenvalue weighted by atomic mass is 35.5. The Morgan fingerprint density at radius 2 is 1.89 bits per heavy atom. The maximum atomic E-state index is 12.4. The summed E-state index contributed by atoms with van der Waals surface area (Å²) in [5.74, 6) is 0.0588. The van der Waals surface area contributed by atoms with Crippen LogP contribution in [0.4, 0.5) is 0 Å². The quantitative estimate of drug-likeness (QED) is 0.811. The van der Waals surface area contributed by atoms with E-state index in [0.717, 1.165) is 28.3 Å². The van der Waals surface area contributed by atoms with Crippen LogP contribution in [0.25, 0.3) is 0 Å². The highest BCUT2D eigenvalue weighted by Gasteiger charge is 2.17. The molecule has 0 N–H and O–H groups in total. The summed E-state index contributed by atoms with van der Waals surface area (Å²) in [7, 11) is 1.96. The van der Waals surface area contributed by atoms with Gasteiger partial charge in [0.25, 0.3) is 0 Å². The van der Waals surface area contributed by atoms with E-state index in [2.05, 4.69) is 5.10 Å². The molecule has 4 nitrogen and oxygen atoms in total. The third-order valence-corrected chi connectivity index (χ3v) is 4.21. The number of carbonyl (C=O) groups is 1. The number of halogens is 1. The molecule has 0 bridgehead atoms. The van der Waals surface area contributed by atoms with Crippen molar-refractivity contribution in [2.24, 2.45) is 7.05 Å². The van der Waals surface area contributed by atoms with Crippen molar-refractivity contribution in [1.82, 2.24) is 14.3 Å². The molecule has 0 aromatic carbocycles. The second-order valence-electron chi connectivity index (χ2n) is 4.91. The summed E-state index contributed by atoms with van der Waals surface area (Å²) < 4.78 is 3.68. The van der Waals surface area contributed by atoms with Crippen molar-refractivity contribution in [3.8, 4) is 0 Å². The second-order valence-corrected chi connectivity index (χ2v) is 5.29. The van der Waals surface area contributed by atoms with Crippen LogP contribution in [0.15, 0.2) is 6.07 Å². The van der Waals surface area contributed by atoms with E-state index in [-0.39, 0.29) is 12.3 Å². The van der Waals surface area contributed by atoms with Gasteiger partial charge in [0.2, 0.25) is 0 Å². The fourth-order valence-corrected chi connectivity index (χ4v) is 2.32. The number of hydrogen-bond acceptors (Lipinski definition) is 2. The number of Topliss-reactive ketones (excluding diaryl/α,β-unsaturated/α-hetero) is 1. The van der Waals surface area contributed by atoms with Gasteiger partial charge in [-0.3, -0.25) is 9.48 Å². The number of carbonyl (C=O) groups excluding carboxylic acids is 1. The smallest absolute Gasteiger partial charge is 0.186 e. The minimum Gasteiger partial charge on any atom is -0.351 e. The number of nitrogens with zero attached hydrogens (tertiary/aromatic N) is 3. The standard InChI is InChI=1S/C14H18ClN3O/c1-8-6-12(10(3)17(8)5)13(19)7-18-11(4)14(15)9(2)16-18/h6H,7H2,1-5H3. The van der Waals surface area contributed by atoms with Crippen molar-refractivity contribution in [3.63, 3.8) is 0 Å². The van der Waals surface area contributed by atoms with Crippen molar-refractivity contribution >= 4 is 17.4 Å². The van der Waals surface area contributed by atoms with Crippen molar-refractivity contribution in [2.75, 3.05) is 0 Å². The molecule has 0 saturated carbocycles. The van der Waals surface area contributed by atoms with E-state index in [1.54, 1.807) is 4.68 Å². The predicted molar refractivity (Wildman–Crippen MR) is 75.9 cm³/mol. The van der Waals surface area contributed by atoms with Crippen LogP contribution in [0.2, 0.25) is 5.02 Å². The number of hydrogen-bond donors (Lipinski definition) is 0. The van der Waals surface area contributed by atoms with Gasteiger partial charge in [0.15, 0.2) is 5.78 Å². The molecule has 2 heterocycles. The third-order valence-electron chi connectivity index (χ3n) is 3.66. The van der Waals surface area contributed by atoms with Crippen LogP contribution in [0.1, 0.15) is 33.1 Å². The average Bonchev–Trinajstić information content (AvgIpc) is 2.75. The van der Waals surface area contributed by atoms with E-state index in [0.29, 0.717) is 5.02 Å². The number of aryl methyl sites for hydroxylation is 2. The lowest BCUT2D eigenvalue weighted by Crippen LogP contribution is -2.13. The molecule has 0 saturated heterocycles. The van der Waals surface area contributed by atoms with Gasteiger partial charge in [0, 0.05) is 24.0 Å². The summed E-state index contributed by atoms with van der Waals surface area (Å²) >= 11 is 6.09. The first-order chi connectivity index (χ1) is 8.82. The Labute approximate surface area is 118 Å². The molecule has 0 amide bonds. The molecule has 0 aliphatic carbocycles. The molecule has 0 atom stereocenters. The zero-order chi connectivity index (χ0) is 14.3. The lowest BCUT2D eigenvalue weighted by atomic mass is 10.1. The van der Waals surface area contributed by atoms with Gasteiger partial charge in [-0.1, -0.05) is 11.6 Å². The highest BCUT2D eigenvalue weighted by molar-refractivity contribution is 6.31. The molecule has 2 aromatic rings. The second kappa shape index (κ2) is 4.85. The molecule has 19 heavy (non-hydrogen) atoms. The Hall–Kier alpha value is -1.55. The van der Waals surface area contributed by atoms with Crippen LogP contribution >= 0.6 is 11.6 Å². The van der Waals surface area contributed by atoms with Crippen LogP contribution in [-0.2, 0) is 13.6 Å². The summed E-state index contributed by atoms with van der Waals surface area (Å²) in [4.78, 5) is 12.4. The topological polar surface area (TPSA) is 39.8 Å². The molecule has 0 aliphatic rings. The Bertz CT molecular complexity index is 652. The van der Waals surface area contributed by atoms with Crippen molar-refractivity contribution in [3.05, 3.63) is 39.4 Å². The Morgan fingerprint density at radius 3 is 2.32 bits per heavy atom. The first-order valence-corrected chi connectivity index (χ1v) is 6.56. The zero-order valence-corrected chi connectivity index (χ0v) is 12.7. The van der Waals surface area contributed by atoms with Gasteiger partial charge in [-0.05, 0) is 33.8 Å². The summed E-state index contributed by atoms with van der Waals surface area (Å²) in [6, 6.07) is 1.92. The van der Waals surface area contributed by atoms with Gasteiger partial charge in [-0.2, -0.15) is 5.10 Å². The minimum atomic E-state index is 0.0588. The molecule has 0 aliphatic heterocycles. The molecule has 0 radical (unpaired) electrons. The predicted octanol–water partition coefficient (Wildman–Crippen LogP) is 2.99. The fourth-order valence-electron chi connectivity index (χ4n) is 2.19. The third kappa shape index (κ3) is 2.32. The normalized spacial score (nSPS) is 11.1. The van der Waals surface area contributed by atoms with Gasteiger partial charge in [0.05, 0.1) is 16.4 Å². The number of aromatic nitrogens is 3. The van der Waals surface area contributed by atoms with Gasteiger partial charge in [-0.15, -0.1) is 0 Å². The largest absolute Gasteiger partial charge is 0.351 e. The van der Waals surface area contributed by atoms with E-state index in [1.165, 1.54) is 0 Å². The van der Waals surface area contributed by atoms with Crippen LogP contribution in [-0.4, -0.2) is 20.1 Å². The molecule has 5 heteroatoms. The van der Waals surface area contributed by atoms with E-state index in [9.17, 15) is 4.79 Å². The summed E-state index contributed by atoms with van der Waals surface area (Å²) in [6.45, 7) is 7.88. The summed E-state index contributed by atoms with van der Waals surface area (Å²) in [5.41, 5.74) is 4.40. The molecule has 0 unspecified atom stereocenters. The fraction of sp³-hybridized carbons (Fsp3) is 0.429. The van der Waals surface area contributed by atoms with E-state index < -0.39 is 0 Å². The van der Waals surface area contributed by atoms with Crippen molar-refractivity contribution < 1.29 is 4.79 Å². The molecule has 0 spiro atoms. The van der Waals surface area contributed by atoms with Crippen molar-refractivity contribution in [2.45, 2.75) is 34.2 Å². The zero-order valence-electron chi connectivity index (χ0n) is 11.9. The maximum Gasteiger partial charge on any atom is 0.186 e. The van der Waals surface area contributed by atoms with Gasteiger partial charge in [0.1, 0.15) is 6.54 Å². The van der Waals surface area contributed by atoms with E-state index in [4.69, 9.17) is 11.6 Å². The molecule has 102 valence electrons. The Kier molecular flexibility index (Phi) is 3.54. The van der Waals surface area contributed by atoms with Gasteiger partial charge in [-0.25, -0.2) is 0 Å². The minimum absolute atomic E-state index is 0.0588. The summed E-state index contributed by atoms with van der Waals surface area (Å²) in [5, 5.41) is 4.92. The number of ketones is 1. The summed E-state index contributed by atoms with van der Waals surface area (Å²) in [6.07, 6.45) is 0. The first kappa shape index (κ1) is 13.9. The van der Waals surface area contributed by atoms with Crippen molar-refractivity contribution in [1.29, 1.82) is 0 Å². The molecule has 2 rings (SSSR count). The Morgan fingerprint density at radius 1 is 1.26 bits per heavy atom. The van der Waals surface area contributed by atoms with Gasteiger partial charge >= 0.3 is 0 Å². The molecule has 2 aromatic heterocycles. The SMILES string of the molecule is Cc1nn(CC(=O)c2cc(C)n(C)c2C)c(C)c1Cl. The van der Waals surface area contributed by atoms with Gasteiger partial charge < -0.3 is 4.57 Å². The lowest BCUT2D eigenvalue weighted by Gasteiger charge is -2.04. The van der Waals surface area contributed by atoms with E-state index >= 15 is 0 Å². The molecular formula is C14H18ClN3O. The monoisotopic (exact) mass is 279 g/mol. The molecule has 0 fully saturated rings. The number of rotatable bonds is 3. The first-order valence-electron chi connectivity index (χ1n) is 6.18. The highest BCUT2D eigenvalue weighted by Crippen LogP contribution is 2.20. The Balaban J connectivity index is 2.31. The van der Waals surface area contributed by atoms with E-state index in [1.807, 2.05) is 45.4 Å². The maximum absolute atomic E-state index is 12.4. The van der Waals surface area contributed by atoms with Crippen LogP contribution in [0.5, 0.6) is 0 Å².